The summed E-state index contributed by atoms with van der Waals surface area (Å²) < 4.78 is 4.94. The van der Waals surface area contributed by atoms with Crippen molar-refractivity contribution in [1.29, 1.82) is 0 Å². The second-order valence-corrected chi connectivity index (χ2v) is 4.71. The van der Waals surface area contributed by atoms with Crippen molar-refractivity contribution < 1.29 is 9.53 Å². The number of thiophene rings is 1. The lowest BCUT2D eigenvalue weighted by atomic mass is 10.2. The van der Waals surface area contributed by atoms with Gasteiger partial charge >= 0.3 is 0 Å². The molecule has 0 aliphatic carbocycles. The molecule has 1 N–H and O–H groups in total. The molecule has 0 saturated heterocycles. The summed E-state index contributed by atoms with van der Waals surface area (Å²) in [5.74, 6) is 0.395. The smallest absolute Gasteiger partial charge is 0.252 e. The molecule has 0 aliphatic heterocycles. The summed E-state index contributed by atoms with van der Waals surface area (Å²) in [5, 5.41) is 4.89. The average molecular weight is 262 g/mol. The van der Waals surface area contributed by atoms with Crippen LogP contribution in [0.25, 0.3) is 0 Å². The van der Waals surface area contributed by atoms with Crippen molar-refractivity contribution in [3.8, 4) is 5.88 Å². The minimum atomic E-state index is -0.110. The van der Waals surface area contributed by atoms with Gasteiger partial charge < -0.3 is 10.1 Å². The third-order valence-electron chi connectivity index (χ3n) is 2.44. The van der Waals surface area contributed by atoms with Crippen LogP contribution in [0.3, 0.4) is 0 Å². The van der Waals surface area contributed by atoms with Crippen LogP contribution in [-0.2, 0) is 6.42 Å². The van der Waals surface area contributed by atoms with Crippen LogP contribution in [-0.4, -0.2) is 24.5 Å². The van der Waals surface area contributed by atoms with Crippen molar-refractivity contribution >= 4 is 17.2 Å². The summed E-state index contributed by atoms with van der Waals surface area (Å²) in [6, 6.07) is 7.45. The number of pyridine rings is 1. The predicted molar refractivity (Wildman–Crippen MR) is 71.1 cm³/mol. The van der Waals surface area contributed by atoms with E-state index in [4.69, 9.17) is 4.74 Å². The van der Waals surface area contributed by atoms with E-state index in [-0.39, 0.29) is 5.91 Å². The fourth-order valence-corrected chi connectivity index (χ4v) is 2.20. The Labute approximate surface area is 110 Å². The van der Waals surface area contributed by atoms with E-state index in [9.17, 15) is 4.79 Å². The van der Waals surface area contributed by atoms with Gasteiger partial charge in [0.05, 0.1) is 12.7 Å². The fraction of sp³-hybridized carbons (Fsp3) is 0.231. The van der Waals surface area contributed by atoms with Crippen molar-refractivity contribution in [1.82, 2.24) is 10.3 Å². The quantitative estimate of drug-likeness (QED) is 0.898. The van der Waals surface area contributed by atoms with Crippen LogP contribution in [0.1, 0.15) is 15.2 Å². The minimum absolute atomic E-state index is 0.110. The number of nitrogens with one attached hydrogen (secondary N) is 1. The SMILES string of the molecule is COc1ccc(C(=O)NCCc2cccs2)cn1. The number of hydrogen-bond acceptors (Lipinski definition) is 4. The molecule has 2 aromatic heterocycles. The third kappa shape index (κ3) is 3.30. The highest BCUT2D eigenvalue weighted by Crippen LogP contribution is 2.09. The molecule has 0 unspecified atom stereocenters. The van der Waals surface area contributed by atoms with E-state index in [1.165, 1.54) is 11.1 Å². The summed E-state index contributed by atoms with van der Waals surface area (Å²) in [6.07, 6.45) is 2.37. The molecule has 4 nitrogen and oxygen atoms in total. The summed E-state index contributed by atoms with van der Waals surface area (Å²) in [5.41, 5.74) is 0.543. The second-order valence-electron chi connectivity index (χ2n) is 3.67. The van der Waals surface area contributed by atoms with Crippen LogP contribution < -0.4 is 10.1 Å². The Hall–Kier alpha value is -1.88. The Balaban J connectivity index is 1.83. The number of hydrogen-bond donors (Lipinski definition) is 1. The van der Waals surface area contributed by atoms with Crippen LogP contribution >= 0.6 is 11.3 Å². The van der Waals surface area contributed by atoms with Crippen molar-refractivity contribution in [3.05, 3.63) is 46.3 Å². The third-order valence-corrected chi connectivity index (χ3v) is 3.38. The lowest BCUT2D eigenvalue weighted by Gasteiger charge is -2.04. The van der Waals surface area contributed by atoms with Gasteiger partial charge in [0.1, 0.15) is 0 Å². The molecule has 0 saturated carbocycles. The lowest BCUT2D eigenvalue weighted by Crippen LogP contribution is -2.25. The number of ether oxygens (including phenoxy) is 1. The largest absolute Gasteiger partial charge is 0.481 e. The molecule has 0 aromatic carbocycles. The van der Waals surface area contributed by atoms with Crippen LogP contribution in [0.15, 0.2) is 35.8 Å². The zero-order valence-electron chi connectivity index (χ0n) is 10.1. The summed E-state index contributed by atoms with van der Waals surface area (Å²) in [6.45, 7) is 0.630. The van der Waals surface area contributed by atoms with E-state index in [1.54, 1.807) is 30.6 Å². The number of carbonyl (C=O) groups excluding carboxylic acids is 1. The van der Waals surface area contributed by atoms with E-state index in [0.29, 0.717) is 18.0 Å². The van der Waals surface area contributed by atoms with Gasteiger partial charge in [0.25, 0.3) is 5.91 Å². The van der Waals surface area contributed by atoms with Gasteiger partial charge in [-0.2, -0.15) is 0 Å². The molecule has 0 spiro atoms. The van der Waals surface area contributed by atoms with Gasteiger partial charge in [0.2, 0.25) is 5.88 Å². The summed E-state index contributed by atoms with van der Waals surface area (Å²) in [4.78, 5) is 17.0. The van der Waals surface area contributed by atoms with E-state index < -0.39 is 0 Å². The minimum Gasteiger partial charge on any atom is -0.481 e. The predicted octanol–water partition coefficient (Wildman–Crippen LogP) is 2.12. The summed E-state index contributed by atoms with van der Waals surface area (Å²) in [7, 11) is 1.54. The van der Waals surface area contributed by atoms with E-state index in [1.807, 2.05) is 11.4 Å². The van der Waals surface area contributed by atoms with Gasteiger partial charge in [-0.25, -0.2) is 4.98 Å². The van der Waals surface area contributed by atoms with Crippen molar-refractivity contribution in [3.63, 3.8) is 0 Å². The van der Waals surface area contributed by atoms with Gasteiger partial charge in [-0.3, -0.25) is 4.79 Å². The fourth-order valence-electron chi connectivity index (χ4n) is 1.49. The molecule has 2 heterocycles. The molecule has 18 heavy (non-hydrogen) atoms. The lowest BCUT2D eigenvalue weighted by molar-refractivity contribution is 0.0954. The normalized spacial score (nSPS) is 10.1. The van der Waals surface area contributed by atoms with Gasteiger partial charge in [-0.15, -0.1) is 11.3 Å². The van der Waals surface area contributed by atoms with Crippen LogP contribution in [0, 0.1) is 0 Å². The van der Waals surface area contributed by atoms with Crippen molar-refractivity contribution in [2.24, 2.45) is 0 Å². The van der Waals surface area contributed by atoms with E-state index in [2.05, 4.69) is 16.4 Å². The van der Waals surface area contributed by atoms with Crippen molar-refractivity contribution in [2.45, 2.75) is 6.42 Å². The Kier molecular flexibility index (Phi) is 4.30. The molecular weight excluding hydrogens is 248 g/mol. The molecule has 0 radical (unpaired) electrons. The van der Waals surface area contributed by atoms with E-state index >= 15 is 0 Å². The molecule has 0 atom stereocenters. The summed E-state index contributed by atoms with van der Waals surface area (Å²) >= 11 is 1.70. The van der Waals surface area contributed by atoms with E-state index in [0.717, 1.165) is 6.42 Å². The monoisotopic (exact) mass is 262 g/mol. The highest BCUT2D eigenvalue weighted by molar-refractivity contribution is 7.09. The number of amides is 1. The van der Waals surface area contributed by atoms with Gasteiger partial charge in [0.15, 0.2) is 0 Å². The average Bonchev–Trinajstić information content (AvgIpc) is 2.92. The molecule has 5 heteroatoms. The molecular formula is C13H14N2O2S. The maximum absolute atomic E-state index is 11.8. The molecule has 94 valence electrons. The second kappa shape index (κ2) is 6.16. The molecule has 1 amide bonds. The number of aromatic nitrogens is 1. The van der Waals surface area contributed by atoms with Crippen LogP contribution in [0.4, 0.5) is 0 Å². The van der Waals surface area contributed by atoms with Crippen molar-refractivity contribution in [2.75, 3.05) is 13.7 Å². The topological polar surface area (TPSA) is 51.2 Å². The highest BCUT2D eigenvalue weighted by Gasteiger charge is 2.05. The first-order valence-electron chi connectivity index (χ1n) is 5.60. The maximum atomic E-state index is 11.8. The maximum Gasteiger partial charge on any atom is 0.252 e. The zero-order valence-corrected chi connectivity index (χ0v) is 10.9. The highest BCUT2D eigenvalue weighted by atomic mass is 32.1. The van der Waals surface area contributed by atoms with Gasteiger partial charge in [0, 0.05) is 23.7 Å². The molecule has 0 fully saturated rings. The number of nitrogens with zero attached hydrogens (tertiary/aromatic N) is 1. The molecule has 2 aromatic rings. The van der Waals surface area contributed by atoms with Crippen LogP contribution in [0.5, 0.6) is 5.88 Å². The first kappa shape index (κ1) is 12.6. The standard InChI is InChI=1S/C13H14N2O2S/c1-17-12-5-4-10(9-15-12)13(16)14-7-6-11-3-2-8-18-11/h2-5,8-9H,6-7H2,1H3,(H,14,16). The Morgan fingerprint density at radius 2 is 2.33 bits per heavy atom. The molecule has 0 aliphatic rings. The van der Waals surface area contributed by atoms with Gasteiger partial charge in [-0.1, -0.05) is 6.07 Å². The number of carbonyl (C=O) groups is 1. The number of methoxy groups -OCH3 is 1. The van der Waals surface area contributed by atoms with Gasteiger partial charge in [-0.05, 0) is 23.9 Å². The zero-order chi connectivity index (χ0) is 12.8. The number of rotatable bonds is 5. The van der Waals surface area contributed by atoms with Crippen LogP contribution in [0.2, 0.25) is 0 Å². The Morgan fingerprint density at radius 3 is 2.94 bits per heavy atom. The Morgan fingerprint density at radius 1 is 1.44 bits per heavy atom. The molecule has 2 rings (SSSR count). The first-order valence-corrected chi connectivity index (χ1v) is 6.48. The Bertz CT molecular complexity index is 494. The molecule has 0 bridgehead atoms. The first-order chi connectivity index (χ1) is 8.79.